The summed E-state index contributed by atoms with van der Waals surface area (Å²) < 4.78 is 0. The number of carbonyl (C=O) groups excluding carboxylic acids is 1. The fourth-order valence-electron chi connectivity index (χ4n) is 2.14. The summed E-state index contributed by atoms with van der Waals surface area (Å²) in [4.78, 5) is 11.2. The van der Waals surface area contributed by atoms with E-state index in [0.717, 1.165) is 0 Å². The van der Waals surface area contributed by atoms with E-state index in [1.54, 1.807) is 6.92 Å². The van der Waals surface area contributed by atoms with Crippen molar-refractivity contribution in [1.82, 2.24) is 0 Å². The average Bonchev–Trinajstić information content (AvgIpc) is 2.30. The van der Waals surface area contributed by atoms with Gasteiger partial charge >= 0.3 is 0 Å². The van der Waals surface area contributed by atoms with Gasteiger partial charge in [-0.15, -0.1) is 0 Å². The Hall–Kier alpha value is -0.330. The fraction of sp³-hybridized carbons (Fsp3) is 0.909. The van der Waals surface area contributed by atoms with Crippen LogP contribution >= 0.6 is 0 Å². The summed E-state index contributed by atoms with van der Waals surface area (Å²) in [5.74, 6) is 1.37. The summed E-state index contributed by atoms with van der Waals surface area (Å²) in [6, 6.07) is 0. The highest BCUT2D eigenvalue weighted by atomic mass is 16.1. The van der Waals surface area contributed by atoms with E-state index in [1.165, 1.54) is 38.5 Å². The fourth-order valence-corrected chi connectivity index (χ4v) is 2.14. The largest absolute Gasteiger partial charge is 0.300 e. The molecule has 0 aromatic rings. The maximum atomic E-state index is 11.2. The summed E-state index contributed by atoms with van der Waals surface area (Å²) in [5, 5.41) is 0. The molecule has 0 aliphatic heterocycles. The minimum Gasteiger partial charge on any atom is -0.300 e. The molecule has 70 valence electrons. The standard InChI is InChI=1S/C11H20O/c1-9(10(2)12)11-7-5-3-4-6-8-11/h9,11H,3-8H2,1-2H3. The summed E-state index contributed by atoms with van der Waals surface area (Å²) in [6.07, 6.45) is 7.98. The predicted molar refractivity (Wildman–Crippen MR) is 51.0 cm³/mol. The topological polar surface area (TPSA) is 17.1 Å². The molecule has 0 aromatic heterocycles. The molecule has 0 amide bonds. The first-order valence-electron chi connectivity index (χ1n) is 5.22. The Bertz CT molecular complexity index is 143. The van der Waals surface area contributed by atoms with Crippen LogP contribution in [0.3, 0.4) is 0 Å². The van der Waals surface area contributed by atoms with E-state index in [2.05, 4.69) is 6.92 Å². The lowest BCUT2D eigenvalue weighted by Crippen LogP contribution is -2.18. The zero-order chi connectivity index (χ0) is 8.97. The van der Waals surface area contributed by atoms with Crippen molar-refractivity contribution in [3.63, 3.8) is 0 Å². The summed E-state index contributed by atoms with van der Waals surface area (Å²) in [5.41, 5.74) is 0. The first-order chi connectivity index (χ1) is 5.72. The van der Waals surface area contributed by atoms with Crippen molar-refractivity contribution in [2.75, 3.05) is 0 Å². The molecule has 0 saturated heterocycles. The molecule has 1 aliphatic carbocycles. The predicted octanol–water partition coefficient (Wildman–Crippen LogP) is 3.18. The molecule has 1 saturated carbocycles. The molecule has 1 aliphatic rings. The lowest BCUT2D eigenvalue weighted by atomic mass is 9.85. The minimum atomic E-state index is 0.308. The third-order valence-corrected chi connectivity index (χ3v) is 3.25. The van der Waals surface area contributed by atoms with Gasteiger partial charge < -0.3 is 0 Å². The lowest BCUT2D eigenvalue weighted by molar-refractivity contribution is -0.121. The van der Waals surface area contributed by atoms with E-state index in [0.29, 0.717) is 17.6 Å². The lowest BCUT2D eigenvalue weighted by Gasteiger charge is -2.19. The van der Waals surface area contributed by atoms with Gasteiger partial charge in [-0.2, -0.15) is 0 Å². The summed E-state index contributed by atoms with van der Waals surface area (Å²) >= 11 is 0. The number of rotatable bonds is 2. The first kappa shape index (κ1) is 9.76. The van der Waals surface area contributed by atoms with Crippen molar-refractivity contribution >= 4 is 5.78 Å². The van der Waals surface area contributed by atoms with Crippen LogP contribution in [0, 0.1) is 11.8 Å². The summed E-state index contributed by atoms with van der Waals surface area (Å²) in [6.45, 7) is 3.83. The number of carbonyl (C=O) groups is 1. The van der Waals surface area contributed by atoms with Crippen molar-refractivity contribution in [2.24, 2.45) is 11.8 Å². The SMILES string of the molecule is CC(=O)C(C)C1CCCCCC1. The molecule has 0 radical (unpaired) electrons. The summed E-state index contributed by atoms with van der Waals surface area (Å²) in [7, 11) is 0. The maximum Gasteiger partial charge on any atom is 0.132 e. The molecule has 0 heterocycles. The highest BCUT2D eigenvalue weighted by Crippen LogP contribution is 2.29. The van der Waals surface area contributed by atoms with Gasteiger partial charge in [-0.05, 0) is 25.7 Å². The second kappa shape index (κ2) is 4.64. The van der Waals surface area contributed by atoms with Gasteiger partial charge in [-0.1, -0.05) is 32.6 Å². The smallest absolute Gasteiger partial charge is 0.132 e. The molecular weight excluding hydrogens is 148 g/mol. The molecule has 1 fully saturated rings. The van der Waals surface area contributed by atoms with Crippen LogP contribution < -0.4 is 0 Å². The zero-order valence-electron chi connectivity index (χ0n) is 8.31. The number of Topliss-reactive ketones (excluding diaryl/α,β-unsaturated/α-hetero) is 1. The van der Waals surface area contributed by atoms with Crippen molar-refractivity contribution in [3.8, 4) is 0 Å². The monoisotopic (exact) mass is 168 g/mol. The van der Waals surface area contributed by atoms with E-state index >= 15 is 0 Å². The van der Waals surface area contributed by atoms with Crippen LogP contribution in [0.25, 0.3) is 0 Å². The molecule has 0 bridgehead atoms. The van der Waals surface area contributed by atoms with Gasteiger partial charge in [0.1, 0.15) is 5.78 Å². The van der Waals surface area contributed by atoms with Crippen LogP contribution in [-0.4, -0.2) is 5.78 Å². The molecule has 1 nitrogen and oxygen atoms in total. The normalized spacial score (nSPS) is 23.2. The Morgan fingerprint density at radius 1 is 1.17 bits per heavy atom. The number of hydrogen-bond donors (Lipinski definition) is 0. The molecule has 0 spiro atoms. The number of hydrogen-bond acceptors (Lipinski definition) is 1. The highest BCUT2D eigenvalue weighted by Gasteiger charge is 2.21. The van der Waals surface area contributed by atoms with Crippen LogP contribution in [0.4, 0.5) is 0 Å². The zero-order valence-corrected chi connectivity index (χ0v) is 8.31. The van der Waals surface area contributed by atoms with Crippen LogP contribution in [0.1, 0.15) is 52.4 Å². The Morgan fingerprint density at radius 2 is 1.67 bits per heavy atom. The molecule has 1 unspecified atom stereocenters. The Balaban J connectivity index is 2.42. The molecule has 1 rings (SSSR count). The van der Waals surface area contributed by atoms with E-state index in [4.69, 9.17) is 0 Å². The third-order valence-electron chi connectivity index (χ3n) is 3.25. The van der Waals surface area contributed by atoms with Gasteiger partial charge in [0.2, 0.25) is 0 Å². The van der Waals surface area contributed by atoms with E-state index in [1.807, 2.05) is 0 Å². The van der Waals surface area contributed by atoms with Gasteiger partial charge in [0.15, 0.2) is 0 Å². The van der Waals surface area contributed by atoms with Crippen molar-refractivity contribution in [1.29, 1.82) is 0 Å². The van der Waals surface area contributed by atoms with Gasteiger partial charge in [-0.3, -0.25) is 4.79 Å². The second-order valence-electron chi connectivity index (χ2n) is 4.15. The quantitative estimate of drug-likeness (QED) is 0.579. The van der Waals surface area contributed by atoms with E-state index in [9.17, 15) is 4.79 Å². The van der Waals surface area contributed by atoms with Crippen LogP contribution in [0.2, 0.25) is 0 Å². The molecule has 12 heavy (non-hydrogen) atoms. The average molecular weight is 168 g/mol. The molecule has 1 atom stereocenters. The van der Waals surface area contributed by atoms with Crippen LogP contribution in [-0.2, 0) is 4.79 Å². The van der Waals surface area contributed by atoms with Gasteiger partial charge in [0.25, 0.3) is 0 Å². The second-order valence-corrected chi connectivity index (χ2v) is 4.15. The van der Waals surface area contributed by atoms with Gasteiger partial charge in [0, 0.05) is 5.92 Å². The van der Waals surface area contributed by atoms with E-state index in [-0.39, 0.29) is 0 Å². The molecular formula is C11H20O. The van der Waals surface area contributed by atoms with Crippen molar-refractivity contribution in [3.05, 3.63) is 0 Å². The van der Waals surface area contributed by atoms with Crippen LogP contribution in [0.5, 0.6) is 0 Å². The number of ketones is 1. The van der Waals surface area contributed by atoms with Gasteiger partial charge in [0.05, 0.1) is 0 Å². The van der Waals surface area contributed by atoms with Gasteiger partial charge in [-0.25, -0.2) is 0 Å². The first-order valence-corrected chi connectivity index (χ1v) is 5.22. The molecule has 1 heteroatoms. The highest BCUT2D eigenvalue weighted by molar-refractivity contribution is 5.78. The van der Waals surface area contributed by atoms with Crippen LogP contribution in [0.15, 0.2) is 0 Å². The van der Waals surface area contributed by atoms with Crippen molar-refractivity contribution in [2.45, 2.75) is 52.4 Å². The maximum absolute atomic E-state index is 11.2. The van der Waals surface area contributed by atoms with E-state index < -0.39 is 0 Å². The third kappa shape index (κ3) is 2.62. The Kier molecular flexibility index (Phi) is 3.77. The molecule has 0 aromatic carbocycles. The Labute approximate surface area is 75.5 Å². The van der Waals surface area contributed by atoms with Crippen molar-refractivity contribution < 1.29 is 4.79 Å². The Morgan fingerprint density at radius 3 is 2.08 bits per heavy atom. The minimum absolute atomic E-state index is 0.308. The molecule has 0 N–H and O–H groups in total.